The number of fused-ring (bicyclic) bond motifs is 2. The molecule has 0 saturated carbocycles. The SMILES string of the molecule is COc1ccc(CC2C(=O)NC(C)C(=O)N(C)C3C(=O)N(C)C(CCC(=O)NC(C)C(=O)NC(C)C(=O)N2C)Cc2ccc(O)c(c2)Oc2ccc(cc2)C3O)cc1. The molecule has 6 amide bonds. The summed E-state index contributed by atoms with van der Waals surface area (Å²) in [6, 6.07) is 11.1. The standard InChI is InChI=1S/C42H52N6O10/c1-23-38(52)44-24(2)40(54)47(5)32(21-26-8-14-30(57-7)15-9-26)39(53)45-25(3)41(55)48(6)36-37(51)28-11-16-31(17-12-28)58-34-22-27(10-18-33(34)49)20-29(46(4)42(36)56)13-19-35(50)43-23/h8-12,14-18,22-25,29,32,36-37,49,51H,13,19-21H2,1-7H3,(H,43,50)(H,44,52)(H,45,53). The van der Waals surface area contributed by atoms with E-state index in [1.807, 2.05) is 0 Å². The maximum atomic E-state index is 14.7. The van der Waals surface area contributed by atoms with E-state index < -0.39 is 77.8 Å². The van der Waals surface area contributed by atoms with Crippen molar-refractivity contribution >= 4 is 35.4 Å². The topological polar surface area (TPSA) is 207 Å². The van der Waals surface area contributed by atoms with E-state index in [1.165, 1.54) is 77.0 Å². The summed E-state index contributed by atoms with van der Waals surface area (Å²) in [6.45, 7) is 4.39. The van der Waals surface area contributed by atoms with Gasteiger partial charge in [-0.25, -0.2) is 0 Å². The summed E-state index contributed by atoms with van der Waals surface area (Å²) in [7, 11) is 5.81. The van der Waals surface area contributed by atoms with Crippen LogP contribution in [0.25, 0.3) is 0 Å². The van der Waals surface area contributed by atoms with Crippen LogP contribution in [0.2, 0.25) is 0 Å². The highest BCUT2D eigenvalue weighted by atomic mass is 16.5. The van der Waals surface area contributed by atoms with Crippen LogP contribution in [0.15, 0.2) is 66.7 Å². The second-order valence-corrected chi connectivity index (χ2v) is 14.9. The Morgan fingerprint density at radius 1 is 0.741 bits per heavy atom. The number of carbonyl (C=O) groups is 6. The van der Waals surface area contributed by atoms with Gasteiger partial charge in [-0.2, -0.15) is 0 Å². The normalized spacial score (nSPS) is 25.7. The van der Waals surface area contributed by atoms with Crippen molar-refractivity contribution in [1.29, 1.82) is 0 Å². The molecule has 3 aliphatic heterocycles. The van der Waals surface area contributed by atoms with Crippen LogP contribution in [0.4, 0.5) is 0 Å². The molecular weight excluding hydrogens is 748 g/mol. The number of phenols is 1. The van der Waals surface area contributed by atoms with Gasteiger partial charge in [-0.15, -0.1) is 0 Å². The molecule has 3 aliphatic rings. The van der Waals surface area contributed by atoms with Crippen LogP contribution >= 0.6 is 0 Å². The highest BCUT2D eigenvalue weighted by Gasteiger charge is 2.41. The quantitative estimate of drug-likeness (QED) is 0.260. The number of hydrogen-bond donors (Lipinski definition) is 5. The average Bonchev–Trinajstić information content (AvgIpc) is 3.20. The lowest BCUT2D eigenvalue weighted by atomic mass is 9.95. The summed E-state index contributed by atoms with van der Waals surface area (Å²) in [5, 5.41) is 30.5. The van der Waals surface area contributed by atoms with Gasteiger partial charge in [0.05, 0.1) is 7.11 Å². The van der Waals surface area contributed by atoms with Crippen LogP contribution < -0.4 is 25.4 Å². The third kappa shape index (κ3) is 9.85. The Labute approximate surface area is 337 Å². The van der Waals surface area contributed by atoms with E-state index in [9.17, 15) is 39.0 Å². The molecule has 5 N–H and O–H groups in total. The number of carbonyl (C=O) groups excluding carboxylic acids is 6. The highest BCUT2D eigenvalue weighted by molar-refractivity contribution is 5.96. The maximum Gasteiger partial charge on any atom is 0.248 e. The van der Waals surface area contributed by atoms with Crippen LogP contribution in [0.5, 0.6) is 23.0 Å². The first-order chi connectivity index (χ1) is 27.5. The summed E-state index contributed by atoms with van der Waals surface area (Å²) in [5.41, 5.74) is 1.60. The van der Waals surface area contributed by atoms with Crippen molar-refractivity contribution in [2.24, 2.45) is 0 Å². The number of benzene rings is 3. The molecule has 16 nitrogen and oxygen atoms in total. The molecule has 7 atom stereocenters. The Balaban J connectivity index is 1.57. The van der Waals surface area contributed by atoms with Gasteiger partial charge in [-0.1, -0.05) is 30.3 Å². The molecule has 310 valence electrons. The first-order valence-corrected chi connectivity index (χ1v) is 19.1. The summed E-state index contributed by atoms with van der Waals surface area (Å²) < 4.78 is 11.2. The molecule has 3 aromatic rings. The number of hydrogen-bond acceptors (Lipinski definition) is 10. The lowest BCUT2D eigenvalue weighted by Gasteiger charge is -2.38. The molecule has 7 unspecified atom stereocenters. The third-order valence-electron chi connectivity index (χ3n) is 10.8. The van der Waals surface area contributed by atoms with E-state index in [0.29, 0.717) is 22.6 Å². The first-order valence-electron chi connectivity index (χ1n) is 19.1. The number of aliphatic hydroxyl groups excluding tert-OH is 1. The van der Waals surface area contributed by atoms with Gasteiger partial charge in [0.15, 0.2) is 11.5 Å². The number of amides is 6. The van der Waals surface area contributed by atoms with E-state index >= 15 is 0 Å². The Morgan fingerprint density at radius 3 is 2.00 bits per heavy atom. The van der Waals surface area contributed by atoms with Gasteiger partial charge in [-0.05, 0) is 86.7 Å². The van der Waals surface area contributed by atoms with Crippen LogP contribution in [0.1, 0.15) is 56.4 Å². The van der Waals surface area contributed by atoms with Crippen molar-refractivity contribution in [2.75, 3.05) is 28.3 Å². The van der Waals surface area contributed by atoms with Crippen LogP contribution in [0, 0.1) is 0 Å². The summed E-state index contributed by atoms with van der Waals surface area (Å²) in [6.07, 6.45) is -1.40. The van der Waals surface area contributed by atoms with Crippen molar-refractivity contribution < 1.29 is 48.5 Å². The van der Waals surface area contributed by atoms with Gasteiger partial charge in [0.2, 0.25) is 35.4 Å². The molecule has 1 fully saturated rings. The van der Waals surface area contributed by atoms with Crippen molar-refractivity contribution in [3.8, 4) is 23.0 Å². The van der Waals surface area contributed by atoms with Crippen molar-refractivity contribution in [3.05, 3.63) is 83.4 Å². The number of rotatable bonds is 3. The number of methoxy groups -OCH3 is 1. The van der Waals surface area contributed by atoms with E-state index in [1.54, 1.807) is 48.5 Å². The van der Waals surface area contributed by atoms with Crippen LogP contribution in [-0.4, -0.2) is 125 Å². The van der Waals surface area contributed by atoms with E-state index in [0.717, 1.165) is 4.90 Å². The van der Waals surface area contributed by atoms with Crippen LogP contribution in [0.3, 0.4) is 0 Å². The number of aromatic hydroxyl groups is 1. The zero-order chi connectivity index (χ0) is 42.4. The minimum absolute atomic E-state index is 0.0240. The summed E-state index contributed by atoms with van der Waals surface area (Å²) >= 11 is 0. The Hall–Kier alpha value is -6.16. The summed E-state index contributed by atoms with van der Waals surface area (Å²) in [4.78, 5) is 87.1. The Morgan fingerprint density at radius 2 is 1.36 bits per heavy atom. The maximum absolute atomic E-state index is 14.7. The van der Waals surface area contributed by atoms with Gasteiger partial charge in [0, 0.05) is 40.0 Å². The molecule has 1 saturated heterocycles. The Kier molecular flexibility index (Phi) is 13.6. The predicted molar refractivity (Wildman–Crippen MR) is 212 cm³/mol. The molecule has 0 aromatic heterocycles. The minimum Gasteiger partial charge on any atom is -0.504 e. The fourth-order valence-electron chi connectivity index (χ4n) is 7.16. The van der Waals surface area contributed by atoms with Crippen molar-refractivity contribution in [3.63, 3.8) is 0 Å². The highest BCUT2D eigenvalue weighted by Crippen LogP contribution is 2.34. The fraction of sp³-hybridized carbons (Fsp3) is 0.429. The molecule has 3 heterocycles. The number of ether oxygens (including phenoxy) is 2. The molecule has 3 aromatic carbocycles. The molecular formula is C42H52N6O10. The molecule has 0 aliphatic carbocycles. The van der Waals surface area contributed by atoms with Gasteiger partial charge in [-0.3, -0.25) is 28.8 Å². The van der Waals surface area contributed by atoms with Crippen LogP contribution in [-0.2, 0) is 41.6 Å². The largest absolute Gasteiger partial charge is 0.504 e. The first kappa shape index (κ1) is 43.0. The minimum atomic E-state index is -1.57. The van der Waals surface area contributed by atoms with Crippen molar-refractivity contribution in [2.45, 2.75) is 88.8 Å². The van der Waals surface area contributed by atoms with E-state index in [4.69, 9.17) is 9.47 Å². The van der Waals surface area contributed by atoms with Gasteiger partial charge in [0.1, 0.15) is 47.8 Å². The number of phenolic OH excluding ortho intramolecular Hbond substituents is 1. The monoisotopic (exact) mass is 800 g/mol. The zero-order valence-corrected chi connectivity index (χ0v) is 33.7. The number of nitrogens with zero attached hydrogens (tertiary/aromatic N) is 3. The third-order valence-corrected chi connectivity index (χ3v) is 10.8. The lowest BCUT2D eigenvalue weighted by Crippen LogP contribution is -2.60. The molecule has 58 heavy (non-hydrogen) atoms. The van der Waals surface area contributed by atoms with Crippen molar-refractivity contribution in [1.82, 2.24) is 30.7 Å². The van der Waals surface area contributed by atoms with Gasteiger partial charge >= 0.3 is 0 Å². The lowest BCUT2D eigenvalue weighted by molar-refractivity contribution is -0.152. The summed E-state index contributed by atoms with van der Waals surface area (Å²) in [5.74, 6) is -2.83. The molecule has 16 heteroatoms. The molecule has 0 radical (unpaired) electrons. The fourth-order valence-corrected chi connectivity index (χ4v) is 7.16. The second kappa shape index (κ2) is 18.4. The van der Waals surface area contributed by atoms with Gasteiger partial charge in [0.25, 0.3) is 0 Å². The second-order valence-electron chi connectivity index (χ2n) is 14.9. The smallest absolute Gasteiger partial charge is 0.248 e. The molecule has 0 spiro atoms. The molecule has 6 rings (SSSR count). The van der Waals surface area contributed by atoms with E-state index in [-0.39, 0.29) is 42.7 Å². The Bertz CT molecular complexity index is 2010. The predicted octanol–water partition coefficient (Wildman–Crippen LogP) is 1.81. The number of likely N-dealkylation sites (N-methyl/N-ethyl adjacent to an activating group) is 3. The number of nitrogens with one attached hydrogen (secondary N) is 3. The molecule has 6 bridgehead atoms. The van der Waals surface area contributed by atoms with E-state index in [2.05, 4.69) is 16.0 Å². The average molecular weight is 801 g/mol. The number of aliphatic hydroxyl groups is 1. The zero-order valence-electron chi connectivity index (χ0n) is 33.7. The van der Waals surface area contributed by atoms with Gasteiger partial charge < -0.3 is 50.3 Å².